The zero-order valence-electron chi connectivity index (χ0n) is 17.1. The molecule has 3 rings (SSSR count). The molecule has 0 fully saturated rings. The van der Waals surface area contributed by atoms with Crippen LogP contribution in [-0.2, 0) is 6.42 Å². The van der Waals surface area contributed by atoms with Gasteiger partial charge in [0.05, 0.1) is 11.9 Å². The van der Waals surface area contributed by atoms with Gasteiger partial charge in [0.2, 0.25) is 0 Å². The highest BCUT2D eigenvalue weighted by molar-refractivity contribution is 5.92. The lowest BCUT2D eigenvalue weighted by Gasteiger charge is -2.21. The molecule has 0 spiro atoms. The van der Waals surface area contributed by atoms with Crippen LogP contribution in [0, 0.1) is 0 Å². The Bertz CT molecular complexity index is 888. The molecule has 2 aromatic carbocycles. The minimum absolute atomic E-state index is 0.156. The summed E-state index contributed by atoms with van der Waals surface area (Å²) in [5, 5.41) is 6.24. The molecule has 0 aliphatic rings. The molecule has 0 saturated heterocycles. The van der Waals surface area contributed by atoms with E-state index < -0.39 is 0 Å². The van der Waals surface area contributed by atoms with Crippen molar-refractivity contribution in [1.82, 2.24) is 10.3 Å². The number of nitrogens with one attached hydrogen (secondary N) is 2. The minimum atomic E-state index is -0.156. The molecule has 150 valence electrons. The molecule has 0 aliphatic carbocycles. The fourth-order valence-electron chi connectivity index (χ4n) is 3.17. The van der Waals surface area contributed by atoms with E-state index in [2.05, 4.69) is 70.8 Å². The van der Waals surface area contributed by atoms with Gasteiger partial charge in [-0.3, -0.25) is 4.79 Å². The molecular weight excluding hydrogens is 360 g/mol. The van der Waals surface area contributed by atoms with Crippen LogP contribution in [0.4, 0.5) is 17.1 Å². The van der Waals surface area contributed by atoms with Crippen molar-refractivity contribution < 1.29 is 4.79 Å². The molecule has 0 bridgehead atoms. The summed E-state index contributed by atoms with van der Waals surface area (Å²) in [5.74, 6) is -0.156. The fourth-order valence-corrected chi connectivity index (χ4v) is 3.17. The van der Waals surface area contributed by atoms with Crippen molar-refractivity contribution in [3.05, 3.63) is 84.2 Å². The third-order valence-electron chi connectivity index (χ3n) is 4.82. The van der Waals surface area contributed by atoms with Crippen molar-refractivity contribution in [2.75, 3.05) is 29.9 Å². The van der Waals surface area contributed by atoms with Gasteiger partial charge in [0.25, 0.3) is 5.91 Å². The van der Waals surface area contributed by atoms with Crippen LogP contribution in [0.3, 0.4) is 0 Å². The molecule has 29 heavy (non-hydrogen) atoms. The summed E-state index contributed by atoms with van der Waals surface area (Å²) >= 11 is 0. The number of aromatic nitrogens is 1. The van der Waals surface area contributed by atoms with Gasteiger partial charge in [0.1, 0.15) is 5.69 Å². The van der Waals surface area contributed by atoms with E-state index in [9.17, 15) is 4.79 Å². The van der Waals surface area contributed by atoms with Crippen LogP contribution >= 0.6 is 0 Å². The largest absolute Gasteiger partial charge is 0.372 e. The Morgan fingerprint density at radius 2 is 1.59 bits per heavy atom. The van der Waals surface area contributed by atoms with E-state index in [-0.39, 0.29) is 5.91 Å². The molecule has 2 N–H and O–H groups in total. The molecule has 1 heterocycles. The Morgan fingerprint density at radius 1 is 0.897 bits per heavy atom. The second kappa shape index (κ2) is 10.3. The van der Waals surface area contributed by atoms with Crippen molar-refractivity contribution in [2.45, 2.75) is 20.3 Å². The maximum Gasteiger partial charge on any atom is 0.269 e. The number of benzene rings is 2. The predicted octanol–water partition coefficient (Wildman–Crippen LogP) is 4.64. The van der Waals surface area contributed by atoms with E-state index in [1.165, 1.54) is 11.3 Å². The van der Waals surface area contributed by atoms with Gasteiger partial charge in [-0.1, -0.05) is 30.3 Å². The topological polar surface area (TPSA) is 57.3 Å². The van der Waals surface area contributed by atoms with E-state index in [4.69, 9.17) is 0 Å². The lowest BCUT2D eigenvalue weighted by molar-refractivity contribution is 0.0949. The summed E-state index contributed by atoms with van der Waals surface area (Å²) in [6.45, 7) is 6.87. The van der Waals surface area contributed by atoms with E-state index in [0.29, 0.717) is 12.2 Å². The molecule has 0 aliphatic heterocycles. The number of hydrogen-bond donors (Lipinski definition) is 2. The van der Waals surface area contributed by atoms with Crippen molar-refractivity contribution in [1.29, 1.82) is 0 Å². The minimum Gasteiger partial charge on any atom is -0.372 e. The standard InChI is InChI=1S/C24H28N4O/c1-3-28(4-2)22-13-10-20(11-14-22)27-21-12-15-23(26-18-21)24(29)25-17-16-19-8-6-5-7-9-19/h5-15,18,27H,3-4,16-17H2,1-2H3,(H,25,29). The monoisotopic (exact) mass is 388 g/mol. The summed E-state index contributed by atoms with van der Waals surface area (Å²) < 4.78 is 0. The third kappa shape index (κ3) is 5.82. The molecule has 0 atom stereocenters. The predicted molar refractivity (Wildman–Crippen MR) is 120 cm³/mol. The average Bonchev–Trinajstić information content (AvgIpc) is 2.77. The molecule has 0 radical (unpaired) electrons. The van der Waals surface area contributed by atoms with Crippen LogP contribution in [-0.4, -0.2) is 30.5 Å². The Morgan fingerprint density at radius 3 is 2.21 bits per heavy atom. The van der Waals surface area contributed by atoms with Crippen molar-refractivity contribution in [3.63, 3.8) is 0 Å². The lowest BCUT2D eigenvalue weighted by atomic mass is 10.1. The highest BCUT2D eigenvalue weighted by atomic mass is 16.1. The smallest absolute Gasteiger partial charge is 0.269 e. The van der Waals surface area contributed by atoms with Gasteiger partial charge in [-0.25, -0.2) is 4.98 Å². The Hall–Kier alpha value is -3.34. The Labute approximate surface area is 172 Å². The van der Waals surface area contributed by atoms with Crippen molar-refractivity contribution >= 4 is 23.0 Å². The first-order valence-electron chi connectivity index (χ1n) is 10.1. The lowest BCUT2D eigenvalue weighted by Crippen LogP contribution is -2.26. The van der Waals surface area contributed by atoms with Crippen molar-refractivity contribution in [2.24, 2.45) is 0 Å². The van der Waals surface area contributed by atoms with Crippen LogP contribution in [0.1, 0.15) is 29.9 Å². The molecule has 0 saturated carbocycles. The number of nitrogens with zero attached hydrogens (tertiary/aromatic N) is 2. The summed E-state index contributed by atoms with van der Waals surface area (Å²) in [6, 6.07) is 22.0. The average molecular weight is 389 g/mol. The molecule has 0 unspecified atom stereocenters. The van der Waals surface area contributed by atoms with Crippen LogP contribution in [0.15, 0.2) is 72.9 Å². The molecule has 1 amide bonds. The first-order chi connectivity index (χ1) is 14.2. The quantitative estimate of drug-likeness (QED) is 0.560. The second-order valence-electron chi connectivity index (χ2n) is 6.77. The van der Waals surface area contributed by atoms with E-state index >= 15 is 0 Å². The molecular formula is C24H28N4O. The fraction of sp³-hybridized carbons (Fsp3) is 0.250. The summed E-state index contributed by atoms with van der Waals surface area (Å²) in [6.07, 6.45) is 2.49. The summed E-state index contributed by atoms with van der Waals surface area (Å²) in [5.41, 5.74) is 4.67. The van der Waals surface area contributed by atoms with Gasteiger partial charge < -0.3 is 15.5 Å². The summed E-state index contributed by atoms with van der Waals surface area (Å²) in [4.78, 5) is 18.9. The normalized spacial score (nSPS) is 10.4. The van der Waals surface area contributed by atoms with Crippen LogP contribution < -0.4 is 15.5 Å². The maximum atomic E-state index is 12.3. The van der Waals surface area contributed by atoms with Gasteiger partial charge in [-0.15, -0.1) is 0 Å². The van der Waals surface area contributed by atoms with Crippen LogP contribution in [0.2, 0.25) is 0 Å². The number of carbonyl (C=O) groups excluding carboxylic acids is 1. The number of rotatable bonds is 9. The van der Waals surface area contributed by atoms with Crippen LogP contribution in [0.25, 0.3) is 0 Å². The molecule has 5 heteroatoms. The molecule has 3 aromatic rings. The molecule has 1 aromatic heterocycles. The van der Waals surface area contributed by atoms with Gasteiger partial charge in [-0.05, 0) is 62.2 Å². The number of anilines is 3. The first kappa shape index (κ1) is 20.4. The maximum absolute atomic E-state index is 12.3. The second-order valence-corrected chi connectivity index (χ2v) is 6.77. The highest BCUT2D eigenvalue weighted by Gasteiger charge is 2.07. The van der Waals surface area contributed by atoms with Gasteiger partial charge >= 0.3 is 0 Å². The Kier molecular flexibility index (Phi) is 7.22. The number of pyridine rings is 1. The van der Waals surface area contributed by atoms with E-state index in [1.807, 2.05) is 24.3 Å². The van der Waals surface area contributed by atoms with Gasteiger partial charge in [0, 0.05) is 31.0 Å². The number of carbonyl (C=O) groups is 1. The number of amides is 1. The SMILES string of the molecule is CCN(CC)c1ccc(Nc2ccc(C(=O)NCCc3ccccc3)nc2)cc1. The van der Waals surface area contributed by atoms with Gasteiger partial charge in [0.15, 0.2) is 0 Å². The summed E-state index contributed by atoms with van der Waals surface area (Å²) in [7, 11) is 0. The van der Waals surface area contributed by atoms with Gasteiger partial charge in [-0.2, -0.15) is 0 Å². The van der Waals surface area contributed by atoms with Crippen LogP contribution in [0.5, 0.6) is 0 Å². The first-order valence-corrected chi connectivity index (χ1v) is 10.1. The van der Waals surface area contributed by atoms with Crippen molar-refractivity contribution in [3.8, 4) is 0 Å². The van der Waals surface area contributed by atoms with E-state index in [1.54, 1.807) is 12.3 Å². The van der Waals surface area contributed by atoms with E-state index in [0.717, 1.165) is 30.9 Å². The zero-order valence-corrected chi connectivity index (χ0v) is 17.1. The highest BCUT2D eigenvalue weighted by Crippen LogP contribution is 2.21. The molecule has 5 nitrogen and oxygen atoms in total. The Balaban J connectivity index is 1.52. The third-order valence-corrected chi connectivity index (χ3v) is 4.82. The number of hydrogen-bond acceptors (Lipinski definition) is 4. The zero-order chi connectivity index (χ0) is 20.5.